The number of furan rings is 2. The fourth-order valence-electron chi connectivity index (χ4n) is 2.84. The highest BCUT2D eigenvalue weighted by Gasteiger charge is 2.20. The Labute approximate surface area is 160 Å². The van der Waals surface area contributed by atoms with Gasteiger partial charge in [0.05, 0.1) is 30.2 Å². The highest BCUT2D eigenvalue weighted by atomic mass is 16.6. The summed E-state index contributed by atoms with van der Waals surface area (Å²) >= 11 is 0. The average molecular weight is 386 g/mol. The van der Waals surface area contributed by atoms with Gasteiger partial charge < -0.3 is 23.8 Å². The molecule has 0 radical (unpaired) electrons. The lowest BCUT2D eigenvalue weighted by Gasteiger charge is -2.17. The van der Waals surface area contributed by atoms with E-state index < -0.39 is 4.92 Å². The van der Waals surface area contributed by atoms with Crippen molar-refractivity contribution in [3.8, 4) is 5.75 Å². The highest BCUT2D eigenvalue weighted by Crippen LogP contribution is 2.28. The number of hydrogen-bond acceptors (Lipinski definition) is 6. The first-order valence-corrected chi connectivity index (χ1v) is 8.55. The largest absolute Gasteiger partial charge is 0.495 e. The van der Waals surface area contributed by atoms with Crippen LogP contribution in [0.1, 0.15) is 11.5 Å². The molecular formula is C19H20N3O6+. The number of anilines is 1. The maximum atomic E-state index is 12.6. The van der Waals surface area contributed by atoms with Crippen LogP contribution >= 0.6 is 0 Å². The minimum Gasteiger partial charge on any atom is -0.495 e. The van der Waals surface area contributed by atoms with E-state index >= 15 is 0 Å². The Hall–Kier alpha value is -3.59. The lowest BCUT2D eigenvalue weighted by atomic mass is 10.2. The van der Waals surface area contributed by atoms with Gasteiger partial charge in [0.1, 0.15) is 18.8 Å². The van der Waals surface area contributed by atoms with Crippen LogP contribution in [0.5, 0.6) is 5.75 Å². The Kier molecular flexibility index (Phi) is 6.07. The van der Waals surface area contributed by atoms with E-state index in [1.165, 1.54) is 25.3 Å². The van der Waals surface area contributed by atoms with Crippen molar-refractivity contribution in [1.82, 2.24) is 0 Å². The van der Waals surface area contributed by atoms with Crippen molar-refractivity contribution >= 4 is 17.3 Å². The number of methoxy groups -OCH3 is 1. The van der Waals surface area contributed by atoms with Crippen LogP contribution in [0, 0.1) is 10.1 Å². The summed E-state index contributed by atoms with van der Waals surface area (Å²) in [6.45, 7) is 1.06. The average Bonchev–Trinajstić information content (AvgIpc) is 3.35. The molecule has 9 nitrogen and oxygen atoms in total. The molecule has 0 spiro atoms. The molecule has 9 heteroatoms. The fourth-order valence-corrected chi connectivity index (χ4v) is 2.84. The van der Waals surface area contributed by atoms with Gasteiger partial charge in [0.2, 0.25) is 0 Å². The zero-order valence-electron chi connectivity index (χ0n) is 15.2. The molecule has 2 aromatic heterocycles. The van der Waals surface area contributed by atoms with Gasteiger partial charge in [0, 0.05) is 12.1 Å². The molecule has 146 valence electrons. The summed E-state index contributed by atoms with van der Waals surface area (Å²) in [7, 11) is 1.43. The van der Waals surface area contributed by atoms with Gasteiger partial charge in [-0.25, -0.2) is 0 Å². The van der Waals surface area contributed by atoms with Gasteiger partial charge in [-0.3, -0.25) is 14.9 Å². The number of ether oxygens (including phenoxy) is 1. The molecule has 0 saturated carbocycles. The van der Waals surface area contributed by atoms with E-state index in [0.29, 0.717) is 18.8 Å². The summed E-state index contributed by atoms with van der Waals surface area (Å²) in [4.78, 5) is 24.0. The minimum absolute atomic E-state index is 0.104. The lowest BCUT2D eigenvalue weighted by molar-refractivity contribution is -0.921. The summed E-state index contributed by atoms with van der Waals surface area (Å²) in [5.41, 5.74) is 0.114. The zero-order valence-corrected chi connectivity index (χ0v) is 15.2. The first-order valence-electron chi connectivity index (χ1n) is 8.55. The first kappa shape index (κ1) is 19.2. The molecule has 0 aliphatic heterocycles. The molecule has 2 heterocycles. The molecule has 0 unspecified atom stereocenters. The van der Waals surface area contributed by atoms with Crippen molar-refractivity contribution in [1.29, 1.82) is 0 Å². The third-order valence-corrected chi connectivity index (χ3v) is 4.09. The summed E-state index contributed by atoms with van der Waals surface area (Å²) in [5, 5.41) is 13.7. The number of rotatable bonds is 9. The van der Waals surface area contributed by atoms with E-state index in [2.05, 4.69) is 5.32 Å². The van der Waals surface area contributed by atoms with Crippen LogP contribution in [0.15, 0.2) is 63.8 Å². The van der Waals surface area contributed by atoms with Crippen molar-refractivity contribution < 1.29 is 28.2 Å². The van der Waals surface area contributed by atoms with E-state index in [1.54, 1.807) is 24.7 Å². The number of amides is 1. The van der Waals surface area contributed by atoms with Crippen molar-refractivity contribution in [2.45, 2.75) is 13.1 Å². The molecule has 3 aromatic rings. The van der Waals surface area contributed by atoms with Crippen LogP contribution in [0.2, 0.25) is 0 Å². The molecule has 1 aromatic carbocycles. The monoisotopic (exact) mass is 386 g/mol. The second-order valence-electron chi connectivity index (χ2n) is 6.13. The van der Waals surface area contributed by atoms with Gasteiger partial charge in [-0.1, -0.05) is 0 Å². The second kappa shape index (κ2) is 8.87. The maximum Gasteiger partial charge on any atom is 0.279 e. The quantitative estimate of drug-likeness (QED) is 0.430. The number of quaternary nitrogens is 1. The molecule has 0 atom stereocenters. The van der Waals surface area contributed by atoms with Gasteiger partial charge >= 0.3 is 0 Å². The van der Waals surface area contributed by atoms with Crippen molar-refractivity contribution in [2.75, 3.05) is 19.0 Å². The second-order valence-corrected chi connectivity index (χ2v) is 6.13. The number of benzene rings is 1. The van der Waals surface area contributed by atoms with Gasteiger partial charge in [-0.05, 0) is 30.3 Å². The van der Waals surface area contributed by atoms with E-state index in [1.807, 2.05) is 12.1 Å². The molecule has 2 N–H and O–H groups in total. The van der Waals surface area contributed by atoms with Gasteiger partial charge in [0.15, 0.2) is 18.1 Å². The molecule has 0 aliphatic carbocycles. The third-order valence-electron chi connectivity index (χ3n) is 4.09. The predicted octanol–water partition coefficient (Wildman–Crippen LogP) is 2.01. The molecule has 28 heavy (non-hydrogen) atoms. The number of nitrogens with zero attached hydrogens (tertiary/aromatic N) is 1. The molecule has 0 aliphatic rings. The van der Waals surface area contributed by atoms with Gasteiger partial charge in [-0.15, -0.1) is 0 Å². The van der Waals surface area contributed by atoms with E-state index in [4.69, 9.17) is 13.6 Å². The van der Waals surface area contributed by atoms with E-state index in [-0.39, 0.29) is 23.8 Å². The van der Waals surface area contributed by atoms with E-state index in [0.717, 1.165) is 16.4 Å². The Morgan fingerprint density at radius 3 is 2.29 bits per heavy atom. The smallest absolute Gasteiger partial charge is 0.279 e. The SMILES string of the molecule is COc1ccc([N+](=O)[O-])cc1NC(=O)C[NH+](Cc1ccco1)Cc1ccco1. The van der Waals surface area contributed by atoms with E-state index in [9.17, 15) is 14.9 Å². The number of carbonyl (C=O) groups is 1. The van der Waals surface area contributed by atoms with Crippen LogP contribution in [0.4, 0.5) is 11.4 Å². The van der Waals surface area contributed by atoms with Crippen LogP contribution in [-0.2, 0) is 17.9 Å². The normalized spacial score (nSPS) is 10.8. The minimum atomic E-state index is -0.527. The van der Waals surface area contributed by atoms with Crippen LogP contribution in [-0.4, -0.2) is 24.5 Å². The van der Waals surface area contributed by atoms with Crippen LogP contribution < -0.4 is 15.0 Å². The number of nitrogens with one attached hydrogen (secondary N) is 2. The van der Waals surface area contributed by atoms with Gasteiger partial charge in [0.25, 0.3) is 11.6 Å². The number of hydrogen-bond donors (Lipinski definition) is 2. The van der Waals surface area contributed by atoms with Crippen molar-refractivity contribution in [3.05, 3.63) is 76.6 Å². The maximum absolute atomic E-state index is 12.6. The number of carbonyl (C=O) groups excluding carboxylic acids is 1. The Morgan fingerprint density at radius 2 is 1.79 bits per heavy atom. The Balaban J connectivity index is 1.72. The third kappa shape index (κ3) is 4.98. The Morgan fingerprint density at radius 1 is 1.14 bits per heavy atom. The molecule has 0 fully saturated rings. The fraction of sp³-hybridized carbons (Fsp3) is 0.211. The summed E-state index contributed by atoms with van der Waals surface area (Å²) < 4.78 is 15.9. The number of nitro groups is 1. The molecule has 1 amide bonds. The predicted molar refractivity (Wildman–Crippen MR) is 98.9 cm³/mol. The number of non-ortho nitro benzene ring substituents is 1. The highest BCUT2D eigenvalue weighted by molar-refractivity contribution is 5.93. The van der Waals surface area contributed by atoms with Crippen molar-refractivity contribution in [3.63, 3.8) is 0 Å². The topological polar surface area (TPSA) is 112 Å². The summed E-state index contributed by atoms with van der Waals surface area (Å²) in [5.74, 6) is 1.51. The Bertz CT molecular complexity index is 885. The zero-order chi connectivity index (χ0) is 19.9. The summed E-state index contributed by atoms with van der Waals surface area (Å²) in [6, 6.07) is 11.3. The standard InChI is InChI=1S/C19H19N3O6/c1-26-18-7-6-14(22(24)25)10-17(18)20-19(23)13-21(11-15-4-2-8-27-15)12-16-5-3-9-28-16/h2-10H,11-13H2,1H3,(H,20,23)/p+1. The molecule has 0 bridgehead atoms. The van der Waals surface area contributed by atoms with Crippen LogP contribution in [0.3, 0.4) is 0 Å². The molecular weight excluding hydrogens is 366 g/mol. The number of nitro benzene ring substituents is 1. The van der Waals surface area contributed by atoms with Crippen molar-refractivity contribution in [2.24, 2.45) is 0 Å². The van der Waals surface area contributed by atoms with Crippen LogP contribution in [0.25, 0.3) is 0 Å². The van der Waals surface area contributed by atoms with Gasteiger partial charge in [-0.2, -0.15) is 0 Å². The molecule has 0 saturated heterocycles. The summed E-state index contributed by atoms with van der Waals surface area (Å²) in [6.07, 6.45) is 3.15. The lowest BCUT2D eigenvalue weighted by Crippen LogP contribution is -3.10. The molecule has 3 rings (SSSR count). The first-order chi connectivity index (χ1) is 13.5.